The SMILES string of the molecule is COc1cccc(C(O)=C2C(=O)C(=O)N[C@H]2c2ccc(F)cc2)c1. The van der Waals surface area contributed by atoms with Gasteiger partial charge in [0.25, 0.3) is 11.7 Å². The summed E-state index contributed by atoms with van der Waals surface area (Å²) in [6.45, 7) is 0. The number of methoxy groups -OCH3 is 1. The Kier molecular flexibility index (Phi) is 4.04. The van der Waals surface area contributed by atoms with Gasteiger partial charge in [-0.3, -0.25) is 9.59 Å². The van der Waals surface area contributed by atoms with E-state index in [4.69, 9.17) is 4.74 Å². The molecule has 1 saturated heterocycles. The predicted molar refractivity (Wildman–Crippen MR) is 84.8 cm³/mol. The van der Waals surface area contributed by atoms with E-state index in [1.807, 2.05) is 0 Å². The van der Waals surface area contributed by atoms with Crippen LogP contribution in [0, 0.1) is 5.82 Å². The monoisotopic (exact) mass is 327 g/mol. The number of amides is 1. The molecule has 1 heterocycles. The van der Waals surface area contributed by atoms with Gasteiger partial charge in [0.05, 0.1) is 18.7 Å². The second-order valence-corrected chi connectivity index (χ2v) is 5.28. The lowest BCUT2D eigenvalue weighted by molar-refractivity contribution is -0.133. The molecule has 5 nitrogen and oxygen atoms in total. The molecule has 0 aromatic heterocycles. The largest absolute Gasteiger partial charge is 0.507 e. The smallest absolute Gasteiger partial charge is 0.293 e. The molecule has 6 heteroatoms. The first-order valence-corrected chi connectivity index (χ1v) is 7.19. The number of halogens is 1. The molecule has 1 amide bonds. The minimum Gasteiger partial charge on any atom is -0.507 e. The Morgan fingerprint density at radius 1 is 1.17 bits per heavy atom. The maximum absolute atomic E-state index is 13.1. The average molecular weight is 327 g/mol. The van der Waals surface area contributed by atoms with E-state index in [0.29, 0.717) is 16.9 Å². The van der Waals surface area contributed by atoms with E-state index < -0.39 is 23.5 Å². The fourth-order valence-corrected chi connectivity index (χ4v) is 2.60. The molecule has 1 aliphatic heterocycles. The number of rotatable bonds is 3. The van der Waals surface area contributed by atoms with Crippen molar-refractivity contribution in [3.63, 3.8) is 0 Å². The lowest BCUT2D eigenvalue weighted by Crippen LogP contribution is -2.21. The number of hydrogen-bond donors (Lipinski definition) is 2. The second-order valence-electron chi connectivity index (χ2n) is 5.28. The molecular weight excluding hydrogens is 313 g/mol. The Morgan fingerprint density at radius 2 is 1.88 bits per heavy atom. The van der Waals surface area contributed by atoms with Crippen molar-refractivity contribution in [2.75, 3.05) is 7.11 Å². The first kappa shape index (κ1) is 15.7. The highest BCUT2D eigenvalue weighted by Crippen LogP contribution is 2.33. The van der Waals surface area contributed by atoms with E-state index in [1.165, 1.54) is 31.4 Å². The minimum atomic E-state index is -0.836. The average Bonchev–Trinajstić information content (AvgIpc) is 2.90. The Balaban J connectivity index is 2.11. The Morgan fingerprint density at radius 3 is 2.54 bits per heavy atom. The molecule has 0 unspecified atom stereocenters. The van der Waals surface area contributed by atoms with E-state index in [2.05, 4.69) is 5.32 Å². The summed E-state index contributed by atoms with van der Waals surface area (Å²) in [7, 11) is 1.48. The molecule has 0 bridgehead atoms. The zero-order valence-electron chi connectivity index (χ0n) is 12.7. The van der Waals surface area contributed by atoms with Gasteiger partial charge >= 0.3 is 0 Å². The van der Waals surface area contributed by atoms with Crippen molar-refractivity contribution in [1.29, 1.82) is 0 Å². The first-order chi connectivity index (χ1) is 11.5. The van der Waals surface area contributed by atoms with Crippen LogP contribution in [0.2, 0.25) is 0 Å². The summed E-state index contributed by atoms with van der Waals surface area (Å²) < 4.78 is 18.2. The number of carbonyl (C=O) groups excluding carboxylic acids is 2. The molecule has 1 atom stereocenters. The van der Waals surface area contributed by atoms with Crippen molar-refractivity contribution in [2.45, 2.75) is 6.04 Å². The number of aliphatic hydroxyl groups excluding tert-OH is 1. The summed E-state index contributed by atoms with van der Waals surface area (Å²) in [5.41, 5.74) is 0.779. The number of aliphatic hydroxyl groups is 1. The molecule has 122 valence electrons. The van der Waals surface area contributed by atoms with Crippen LogP contribution >= 0.6 is 0 Å². The van der Waals surface area contributed by atoms with Crippen molar-refractivity contribution in [3.05, 3.63) is 71.0 Å². The van der Waals surface area contributed by atoms with Crippen LogP contribution in [-0.4, -0.2) is 23.9 Å². The molecule has 1 aliphatic rings. The molecule has 0 saturated carbocycles. The predicted octanol–water partition coefficient (Wildman–Crippen LogP) is 2.54. The van der Waals surface area contributed by atoms with Gasteiger partial charge in [-0.1, -0.05) is 24.3 Å². The van der Waals surface area contributed by atoms with Crippen LogP contribution in [0.3, 0.4) is 0 Å². The molecule has 0 aliphatic carbocycles. The molecule has 24 heavy (non-hydrogen) atoms. The third-order valence-electron chi connectivity index (χ3n) is 3.82. The third-order valence-corrected chi connectivity index (χ3v) is 3.82. The highest BCUT2D eigenvalue weighted by Gasteiger charge is 2.39. The number of nitrogens with one attached hydrogen (secondary N) is 1. The fourth-order valence-electron chi connectivity index (χ4n) is 2.60. The number of hydrogen-bond acceptors (Lipinski definition) is 4. The van der Waals surface area contributed by atoms with Gasteiger partial charge < -0.3 is 15.2 Å². The van der Waals surface area contributed by atoms with E-state index in [0.717, 1.165) is 0 Å². The van der Waals surface area contributed by atoms with Crippen LogP contribution in [0.25, 0.3) is 5.76 Å². The molecular formula is C18H14FNO4. The van der Waals surface area contributed by atoms with Crippen molar-refractivity contribution in [3.8, 4) is 5.75 Å². The number of Topliss-reactive ketones (excluding diaryl/α,β-unsaturated/α-hetero) is 1. The Hall–Kier alpha value is -3.15. The molecule has 2 aromatic rings. The quantitative estimate of drug-likeness (QED) is 0.516. The lowest BCUT2D eigenvalue weighted by Gasteiger charge is -2.14. The van der Waals surface area contributed by atoms with E-state index in [1.54, 1.807) is 24.3 Å². The molecule has 2 N–H and O–H groups in total. The van der Waals surface area contributed by atoms with Crippen molar-refractivity contribution >= 4 is 17.4 Å². The summed E-state index contributed by atoms with van der Waals surface area (Å²) >= 11 is 0. The number of ether oxygens (including phenoxy) is 1. The van der Waals surface area contributed by atoms with Crippen molar-refractivity contribution in [1.82, 2.24) is 5.32 Å². The Bertz CT molecular complexity index is 842. The summed E-state index contributed by atoms with van der Waals surface area (Å²) in [6.07, 6.45) is 0. The molecule has 0 radical (unpaired) electrons. The topological polar surface area (TPSA) is 75.6 Å². The van der Waals surface area contributed by atoms with Crippen molar-refractivity contribution in [2.24, 2.45) is 0 Å². The highest BCUT2D eigenvalue weighted by atomic mass is 19.1. The van der Waals surface area contributed by atoms with Gasteiger partial charge in [0.15, 0.2) is 0 Å². The lowest BCUT2D eigenvalue weighted by atomic mass is 9.96. The standard InChI is InChI=1S/C18H14FNO4/c1-24-13-4-2-3-11(9-13)16(21)14-15(20-18(23)17(14)22)10-5-7-12(19)8-6-10/h2-9,15,21H,1H3,(H,20,23)/t15-/m0/s1. The minimum absolute atomic E-state index is 0.0696. The van der Waals surface area contributed by atoms with Gasteiger partial charge in [-0.25, -0.2) is 4.39 Å². The summed E-state index contributed by atoms with van der Waals surface area (Å²) in [6, 6.07) is 11.0. The third kappa shape index (κ3) is 2.74. The van der Waals surface area contributed by atoms with Gasteiger partial charge in [0.1, 0.15) is 17.3 Å². The van der Waals surface area contributed by atoms with E-state index in [-0.39, 0.29) is 11.3 Å². The zero-order chi connectivity index (χ0) is 17.3. The molecule has 0 spiro atoms. The highest BCUT2D eigenvalue weighted by molar-refractivity contribution is 6.46. The molecule has 1 fully saturated rings. The van der Waals surface area contributed by atoms with Crippen LogP contribution in [-0.2, 0) is 9.59 Å². The van der Waals surface area contributed by atoms with Crippen LogP contribution in [0.5, 0.6) is 5.75 Å². The number of carbonyl (C=O) groups is 2. The maximum atomic E-state index is 13.1. The van der Waals surface area contributed by atoms with Crippen LogP contribution < -0.4 is 10.1 Å². The van der Waals surface area contributed by atoms with Gasteiger partial charge in [0, 0.05) is 5.56 Å². The summed E-state index contributed by atoms with van der Waals surface area (Å²) in [5.74, 6) is -1.87. The number of ketones is 1. The normalized spacial score (nSPS) is 19.2. The Labute approximate surface area is 137 Å². The van der Waals surface area contributed by atoms with Gasteiger partial charge in [0.2, 0.25) is 0 Å². The fraction of sp³-hybridized carbons (Fsp3) is 0.111. The van der Waals surface area contributed by atoms with Crippen molar-refractivity contribution < 1.29 is 23.8 Å². The molecule has 2 aromatic carbocycles. The summed E-state index contributed by atoms with van der Waals surface area (Å²) in [5, 5.41) is 13.1. The van der Waals surface area contributed by atoms with Crippen LogP contribution in [0.4, 0.5) is 4.39 Å². The summed E-state index contributed by atoms with van der Waals surface area (Å²) in [4.78, 5) is 24.0. The van der Waals surface area contributed by atoms with Crippen LogP contribution in [0.15, 0.2) is 54.1 Å². The van der Waals surface area contributed by atoms with Crippen LogP contribution in [0.1, 0.15) is 17.2 Å². The van der Waals surface area contributed by atoms with Gasteiger partial charge in [-0.2, -0.15) is 0 Å². The maximum Gasteiger partial charge on any atom is 0.293 e. The molecule has 3 rings (SSSR count). The van der Waals surface area contributed by atoms with Gasteiger partial charge in [-0.15, -0.1) is 0 Å². The van der Waals surface area contributed by atoms with E-state index in [9.17, 15) is 19.1 Å². The zero-order valence-corrected chi connectivity index (χ0v) is 12.7. The first-order valence-electron chi connectivity index (χ1n) is 7.19. The van der Waals surface area contributed by atoms with Gasteiger partial charge in [-0.05, 0) is 29.8 Å². The number of benzene rings is 2. The van der Waals surface area contributed by atoms with E-state index >= 15 is 0 Å². The second kappa shape index (κ2) is 6.16.